The zero-order valence-electron chi connectivity index (χ0n) is 18.4. The quantitative estimate of drug-likeness (QED) is 0.412. The van der Waals surface area contributed by atoms with Crippen molar-refractivity contribution >= 4 is 23.4 Å². The first-order valence-corrected chi connectivity index (χ1v) is 10.8. The van der Waals surface area contributed by atoms with E-state index in [1.165, 1.54) is 32.4 Å². The van der Waals surface area contributed by atoms with Gasteiger partial charge in [-0.05, 0) is 31.8 Å². The van der Waals surface area contributed by atoms with Crippen LogP contribution in [0.25, 0.3) is 0 Å². The highest BCUT2D eigenvalue weighted by molar-refractivity contribution is 6.24. The van der Waals surface area contributed by atoms with Crippen molar-refractivity contribution in [3.05, 3.63) is 52.1 Å². The number of carbonyl (C=O) groups is 4. The van der Waals surface area contributed by atoms with Gasteiger partial charge in [0.25, 0.3) is 0 Å². The van der Waals surface area contributed by atoms with E-state index in [2.05, 4.69) is 5.32 Å². The van der Waals surface area contributed by atoms with Gasteiger partial charge in [-0.2, -0.15) is 0 Å². The van der Waals surface area contributed by atoms with Crippen molar-refractivity contribution in [1.82, 2.24) is 5.32 Å². The number of benzene rings is 1. The van der Waals surface area contributed by atoms with Gasteiger partial charge in [0, 0.05) is 40.3 Å². The van der Waals surface area contributed by atoms with Gasteiger partial charge in [0.1, 0.15) is 17.2 Å². The maximum atomic E-state index is 13.4. The van der Waals surface area contributed by atoms with Crippen molar-refractivity contribution in [2.45, 2.75) is 25.7 Å². The molecule has 4 unspecified atom stereocenters. The summed E-state index contributed by atoms with van der Waals surface area (Å²) in [5.74, 6) is -2.91. The number of hydrogen-bond donors (Lipinski definition) is 2. The number of methoxy groups -OCH3 is 2. The summed E-state index contributed by atoms with van der Waals surface area (Å²) in [5, 5.41) is 12.6. The molecule has 1 heterocycles. The van der Waals surface area contributed by atoms with Gasteiger partial charge in [-0.1, -0.05) is 11.6 Å². The van der Waals surface area contributed by atoms with E-state index in [9.17, 15) is 24.3 Å². The molecule has 8 heteroatoms. The fourth-order valence-electron chi connectivity index (χ4n) is 5.81. The average molecular weight is 449 g/mol. The van der Waals surface area contributed by atoms with E-state index in [1.54, 1.807) is 6.92 Å². The summed E-state index contributed by atoms with van der Waals surface area (Å²) in [7, 11) is 2.89. The van der Waals surface area contributed by atoms with E-state index in [1.807, 2.05) is 6.08 Å². The fraction of sp³-hybridized carbons (Fsp3) is 0.360. The second-order valence-corrected chi connectivity index (χ2v) is 8.85. The minimum atomic E-state index is -0.714. The lowest BCUT2D eigenvalue weighted by molar-refractivity contribution is -0.126. The first-order valence-electron chi connectivity index (χ1n) is 10.8. The van der Waals surface area contributed by atoms with Crippen LogP contribution in [0.1, 0.15) is 31.2 Å². The first kappa shape index (κ1) is 21.2. The molecule has 1 aromatic carbocycles. The summed E-state index contributed by atoms with van der Waals surface area (Å²) in [6, 6.07) is 2.86. The third-order valence-corrected chi connectivity index (χ3v) is 7.22. The van der Waals surface area contributed by atoms with Crippen LogP contribution in [0.3, 0.4) is 0 Å². The number of phenols is 1. The number of hydrogen-bond acceptors (Lipinski definition) is 7. The van der Waals surface area contributed by atoms with E-state index < -0.39 is 23.7 Å². The molecule has 4 aliphatic rings. The molecule has 33 heavy (non-hydrogen) atoms. The van der Waals surface area contributed by atoms with Crippen LogP contribution in [0.5, 0.6) is 17.2 Å². The summed E-state index contributed by atoms with van der Waals surface area (Å²) in [4.78, 5) is 51.6. The van der Waals surface area contributed by atoms with Crippen LogP contribution in [0, 0.1) is 17.8 Å². The monoisotopic (exact) mass is 449 g/mol. The number of aromatic hydroxyl groups is 1. The summed E-state index contributed by atoms with van der Waals surface area (Å²) >= 11 is 0. The molecule has 1 aliphatic heterocycles. The Bertz CT molecular complexity index is 1210. The van der Waals surface area contributed by atoms with Gasteiger partial charge in [-0.3, -0.25) is 24.5 Å². The number of Topliss-reactive ketones (excluding diaryl/α,β-unsaturated/α-hetero) is 1. The molecule has 5 rings (SSSR count). The second kappa shape index (κ2) is 7.43. The van der Waals surface area contributed by atoms with E-state index in [-0.39, 0.29) is 35.6 Å². The van der Waals surface area contributed by atoms with Crippen molar-refractivity contribution in [3.63, 3.8) is 0 Å². The molecule has 4 atom stereocenters. The predicted octanol–water partition coefficient (Wildman–Crippen LogP) is 2.13. The smallest absolute Gasteiger partial charge is 0.231 e. The Morgan fingerprint density at radius 1 is 1.00 bits per heavy atom. The van der Waals surface area contributed by atoms with Crippen LogP contribution in [-0.4, -0.2) is 42.7 Å². The molecule has 1 aromatic rings. The number of ether oxygens (including phenoxy) is 2. The lowest BCUT2D eigenvalue weighted by Gasteiger charge is -2.42. The highest BCUT2D eigenvalue weighted by Crippen LogP contribution is 2.57. The van der Waals surface area contributed by atoms with E-state index in [4.69, 9.17) is 9.47 Å². The Hall–Kier alpha value is -3.68. The molecule has 2 N–H and O–H groups in total. The highest BCUT2D eigenvalue weighted by Gasteiger charge is 2.54. The molecule has 1 fully saturated rings. The van der Waals surface area contributed by atoms with Gasteiger partial charge in [0.15, 0.2) is 11.6 Å². The molecule has 8 nitrogen and oxygen atoms in total. The van der Waals surface area contributed by atoms with Crippen LogP contribution in [0.2, 0.25) is 0 Å². The lowest BCUT2D eigenvalue weighted by atomic mass is 9.59. The first-order chi connectivity index (χ1) is 15.8. The molecule has 170 valence electrons. The summed E-state index contributed by atoms with van der Waals surface area (Å²) in [5.41, 5.74) is 2.32. The van der Waals surface area contributed by atoms with Gasteiger partial charge < -0.3 is 14.6 Å². The Morgan fingerprint density at radius 2 is 1.67 bits per heavy atom. The van der Waals surface area contributed by atoms with E-state index in [0.29, 0.717) is 40.2 Å². The molecule has 0 radical (unpaired) electrons. The number of carbonyl (C=O) groups excluding carboxylic acids is 4. The second-order valence-electron chi connectivity index (χ2n) is 8.85. The van der Waals surface area contributed by atoms with Crippen LogP contribution < -0.4 is 14.8 Å². The van der Waals surface area contributed by atoms with Crippen molar-refractivity contribution in [2.24, 2.45) is 17.8 Å². The third-order valence-electron chi connectivity index (χ3n) is 7.22. The number of ketones is 2. The minimum Gasteiger partial charge on any atom is -0.508 e. The zero-order valence-corrected chi connectivity index (χ0v) is 18.4. The molecule has 0 bridgehead atoms. The molecule has 1 saturated heterocycles. The predicted molar refractivity (Wildman–Crippen MR) is 116 cm³/mol. The molecule has 0 saturated carbocycles. The van der Waals surface area contributed by atoms with Gasteiger partial charge in [0.05, 0.1) is 26.1 Å². The summed E-state index contributed by atoms with van der Waals surface area (Å²) < 4.78 is 11.1. The normalized spacial score (nSPS) is 28.5. The molecule has 0 spiro atoms. The molecular formula is C25H23NO7. The van der Waals surface area contributed by atoms with Crippen molar-refractivity contribution in [3.8, 4) is 17.2 Å². The SMILES string of the molecule is COc1cc(O)cc(OC)c1C1C2=CCC3C(=O)NC(=O)C3C2CC2=C1C(=O)C(C)=CC2=O. The van der Waals surface area contributed by atoms with Gasteiger partial charge in [-0.15, -0.1) is 0 Å². The minimum absolute atomic E-state index is 0.0745. The number of phenolic OH excluding ortho intramolecular Hbond substituents is 1. The number of fused-ring (bicyclic) bond motifs is 3. The Morgan fingerprint density at radius 3 is 2.30 bits per heavy atom. The molecular weight excluding hydrogens is 426 g/mol. The number of allylic oxidation sites excluding steroid dienone is 6. The molecule has 2 amide bonds. The number of rotatable bonds is 3. The van der Waals surface area contributed by atoms with Crippen molar-refractivity contribution in [1.29, 1.82) is 0 Å². The number of imide groups is 1. The van der Waals surface area contributed by atoms with Crippen molar-refractivity contribution < 1.29 is 33.8 Å². The largest absolute Gasteiger partial charge is 0.508 e. The topological polar surface area (TPSA) is 119 Å². The zero-order chi connectivity index (χ0) is 23.6. The van der Waals surface area contributed by atoms with Crippen LogP contribution in [0.4, 0.5) is 0 Å². The fourth-order valence-corrected chi connectivity index (χ4v) is 5.81. The summed E-state index contributed by atoms with van der Waals surface area (Å²) in [6.07, 6.45) is 3.80. The van der Waals surface area contributed by atoms with Crippen LogP contribution >= 0.6 is 0 Å². The Labute approximate surface area is 189 Å². The lowest BCUT2D eigenvalue weighted by Crippen LogP contribution is -2.39. The number of amides is 2. The van der Waals surface area contributed by atoms with Crippen LogP contribution in [-0.2, 0) is 19.2 Å². The standard InChI is InChI=1S/C25H23NO7/c1-10-6-16(28)15-9-14-12(4-5-13-19(14)25(31)26-24(13)30)20(21(15)23(10)29)22-17(32-2)7-11(27)8-18(22)33-3/h4,6-8,13-14,19-20,27H,5,9H2,1-3H3,(H,26,30,31). The van der Waals surface area contributed by atoms with E-state index in [0.717, 1.165) is 5.57 Å². The van der Waals surface area contributed by atoms with E-state index >= 15 is 0 Å². The molecule has 0 aromatic heterocycles. The third kappa shape index (κ3) is 2.97. The highest BCUT2D eigenvalue weighted by atomic mass is 16.5. The van der Waals surface area contributed by atoms with Crippen molar-refractivity contribution in [2.75, 3.05) is 14.2 Å². The molecule has 3 aliphatic carbocycles. The van der Waals surface area contributed by atoms with Crippen LogP contribution in [0.15, 0.2) is 46.6 Å². The van der Waals surface area contributed by atoms with Gasteiger partial charge in [-0.25, -0.2) is 0 Å². The van der Waals surface area contributed by atoms with Gasteiger partial charge >= 0.3 is 0 Å². The number of nitrogens with one attached hydrogen (secondary N) is 1. The summed E-state index contributed by atoms with van der Waals surface area (Å²) in [6.45, 7) is 1.60. The Balaban J connectivity index is 1.80. The Kier molecular flexibility index (Phi) is 4.77. The van der Waals surface area contributed by atoms with Gasteiger partial charge in [0.2, 0.25) is 11.8 Å². The maximum Gasteiger partial charge on any atom is 0.231 e. The average Bonchev–Trinajstić information content (AvgIpc) is 3.09. The maximum absolute atomic E-state index is 13.4.